The Kier molecular flexibility index (Phi) is 3.09. The Balaban J connectivity index is 1.95. The number of aliphatic hydroxyl groups excluding tert-OH is 1. The minimum Gasteiger partial charge on any atom is -0.487 e. The smallest absolute Gasteiger partial charge is 0.264 e. The van der Waals surface area contributed by atoms with Gasteiger partial charge in [-0.3, -0.25) is 9.69 Å². The standard InChI is InChI=1S/C18H16N2O3/c1-19-12-7-6-11-9-23-17(14(11)8-12)16-13-4-2-3-5-15(13)20(10-21)18(16)22/h2-8,19,21H,9-10H2,1H3. The highest BCUT2D eigenvalue weighted by atomic mass is 16.5. The fourth-order valence-electron chi connectivity index (χ4n) is 3.14. The van der Waals surface area contributed by atoms with Crippen LogP contribution in [0.15, 0.2) is 42.5 Å². The summed E-state index contributed by atoms with van der Waals surface area (Å²) in [5.41, 5.74) is 4.97. The summed E-state index contributed by atoms with van der Waals surface area (Å²) >= 11 is 0. The van der Waals surface area contributed by atoms with Gasteiger partial charge < -0.3 is 15.2 Å². The molecule has 5 heteroatoms. The normalized spacial score (nSPS) is 18.7. The first-order chi connectivity index (χ1) is 11.2. The average molecular weight is 308 g/mol. The molecule has 0 saturated heterocycles. The summed E-state index contributed by atoms with van der Waals surface area (Å²) in [6.45, 7) is 0.1000. The minimum atomic E-state index is -0.351. The van der Waals surface area contributed by atoms with Crippen LogP contribution in [0.2, 0.25) is 0 Å². The van der Waals surface area contributed by atoms with Crippen molar-refractivity contribution in [1.82, 2.24) is 0 Å². The molecule has 0 bridgehead atoms. The van der Waals surface area contributed by atoms with E-state index in [0.29, 0.717) is 23.6 Å². The second kappa shape index (κ2) is 5.14. The van der Waals surface area contributed by atoms with Gasteiger partial charge in [0.25, 0.3) is 5.91 Å². The Labute approximate surface area is 133 Å². The SMILES string of the molecule is CNc1ccc2c(c1)C(=C1C(=O)N(CO)c3ccccc31)OC2. The molecule has 116 valence electrons. The molecule has 0 atom stereocenters. The van der Waals surface area contributed by atoms with E-state index < -0.39 is 0 Å². The molecule has 2 N–H and O–H groups in total. The Hall–Kier alpha value is -2.79. The third-order valence-electron chi connectivity index (χ3n) is 4.31. The Morgan fingerprint density at radius 3 is 2.83 bits per heavy atom. The fraction of sp³-hybridized carbons (Fsp3) is 0.167. The van der Waals surface area contributed by atoms with Gasteiger partial charge in [0.05, 0.1) is 11.3 Å². The van der Waals surface area contributed by atoms with Crippen molar-refractivity contribution in [2.75, 3.05) is 24.0 Å². The molecule has 2 aliphatic heterocycles. The van der Waals surface area contributed by atoms with Crippen molar-refractivity contribution >= 4 is 28.6 Å². The van der Waals surface area contributed by atoms with Gasteiger partial charge in [0.15, 0.2) is 0 Å². The summed E-state index contributed by atoms with van der Waals surface area (Å²) in [7, 11) is 1.86. The number of rotatable bonds is 2. The lowest BCUT2D eigenvalue weighted by molar-refractivity contribution is -0.113. The molecule has 2 heterocycles. The monoisotopic (exact) mass is 308 g/mol. The first-order valence-corrected chi connectivity index (χ1v) is 7.45. The van der Waals surface area contributed by atoms with Gasteiger partial charge >= 0.3 is 0 Å². The molecule has 4 rings (SSSR count). The third-order valence-corrected chi connectivity index (χ3v) is 4.31. The van der Waals surface area contributed by atoms with Crippen molar-refractivity contribution < 1.29 is 14.6 Å². The van der Waals surface area contributed by atoms with Crippen molar-refractivity contribution in [2.45, 2.75) is 6.61 Å². The molecule has 0 aromatic heterocycles. The number of para-hydroxylation sites is 1. The second-order valence-corrected chi connectivity index (χ2v) is 5.51. The molecule has 2 aromatic rings. The molecule has 23 heavy (non-hydrogen) atoms. The molecule has 2 aliphatic rings. The van der Waals surface area contributed by atoms with E-state index in [4.69, 9.17) is 4.74 Å². The highest BCUT2D eigenvalue weighted by Gasteiger charge is 2.37. The van der Waals surface area contributed by atoms with Crippen LogP contribution in [-0.4, -0.2) is 24.8 Å². The van der Waals surface area contributed by atoms with Crippen LogP contribution in [0.5, 0.6) is 0 Å². The van der Waals surface area contributed by atoms with Crippen molar-refractivity contribution in [2.24, 2.45) is 0 Å². The van der Waals surface area contributed by atoms with Gasteiger partial charge in [0.2, 0.25) is 0 Å². The summed E-state index contributed by atoms with van der Waals surface area (Å²) in [5, 5.41) is 12.7. The van der Waals surface area contributed by atoms with Gasteiger partial charge in [0.1, 0.15) is 19.1 Å². The molecule has 0 saturated carbocycles. The quantitative estimate of drug-likeness (QED) is 0.837. The maximum Gasteiger partial charge on any atom is 0.264 e. The number of nitrogens with zero attached hydrogens (tertiary/aromatic N) is 1. The number of carbonyl (C=O) groups is 1. The number of amides is 1. The van der Waals surface area contributed by atoms with E-state index in [2.05, 4.69) is 5.32 Å². The molecule has 0 spiro atoms. The van der Waals surface area contributed by atoms with Gasteiger partial charge in [-0.05, 0) is 18.2 Å². The number of carbonyl (C=O) groups excluding carboxylic acids is 1. The number of nitrogens with one attached hydrogen (secondary N) is 1. The fourth-order valence-corrected chi connectivity index (χ4v) is 3.14. The van der Waals surface area contributed by atoms with Crippen LogP contribution in [0.25, 0.3) is 11.3 Å². The molecule has 0 fully saturated rings. The summed E-state index contributed by atoms with van der Waals surface area (Å²) in [4.78, 5) is 14.1. The van der Waals surface area contributed by atoms with E-state index in [0.717, 1.165) is 22.4 Å². The van der Waals surface area contributed by atoms with Crippen LogP contribution < -0.4 is 10.2 Å². The van der Waals surface area contributed by atoms with Gasteiger partial charge in [0, 0.05) is 29.4 Å². The van der Waals surface area contributed by atoms with Crippen molar-refractivity contribution in [3.63, 3.8) is 0 Å². The molecule has 5 nitrogen and oxygen atoms in total. The number of benzene rings is 2. The van der Waals surface area contributed by atoms with Crippen LogP contribution in [0.3, 0.4) is 0 Å². The van der Waals surface area contributed by atoms with E-state index in [1.165, 1.54) is 4.90 Å². The zero-order valence-corrected chi connectivity index (χ0v) is 12.7. The van der Waals surface area contributed by atoms with E-state index in [1.54, 1.807) is 0 Å². The number of hydrogen-bond acceptors (Lipinski definition) is 4. The maximum absolute atomic E-state index is 12.8. The first-order valence-electron chi connectivity index (χ1n) is 7.45. The number of fused-ring (bicyclic) bond motifs is 2. The third kappa shape index (κ3) is 1.94. The van der Waals surface area contributed by atoms with Crippen LogP contribution in [0.4, 0.5) is 11.4 Å². The summed E-state index contributed by atoms with van der Waals surface area (Å²) in [6.07, 6.45) is 0. The predicted octanol–water partition coefficient (Wildman–Crippen LogP) is 2.42. The van der Waals surface area contributed by atoms with Crippen LogP contribution in [-0.2, 0) is 16.1 Å². The summed E-state index contributed by atoms with van der Waals surface area (Å²) < 4.78 is 5.85. The van der Waals surface area contributed by atoms with Crippen molar-refractivity contribution in [3.8, 4) is 0 Å². The van der Waals surface area contributed by atoms with E-state index >= 15 is 0 Å². The lowest BCUT2D eigenvalue weighted by Gasteiger charge is -2.12. The van der Waals surface area contributed by atoms with E-state index in [1.807, 2.05) is 49.5 Å². The van der Waals surface area contributed by atoms with Crippen LogP contribution >= 0.6 is 0 Å². The zero-order valence-electron chi connectivity index (χ0n) is 12.7. The molecule has 0 unspecified atom stereocenters. The van der Waals surface area contributed by atoms with Crippen molar-refractivity contribution in [1.29, 1.82) is 0 Å². The van der Waals surface area contributed by atoms with Gasteiger partial charge in [-0.25, -0.2) is 0 Å². The lowest BCUT2D eigenvalue weighted by Crippen LogP contribution is -2.27. The highest BCUT2D eigenvalue weighted by Crippen LogP contribution is 2.44. The predicted molar refractivity (Wildman–Crippen MR) is 88.6 cm³/mol. The number of hydrogen-bond donors (Lipinski definition) is 2. The van der Waals surface area contributed by atoms with Crippen LogP contribution in [0, 0.1) is 0 Å². The number of anilines is 2. The van der Waals surface area contributed by atoms with Gasteiger partial charge in [-0.2, -0.15) is 0 Å². The molecule has 0 aliphatic carbocycles. The molecule has 1 amide bonds. The van der Waals surface area contributed by atoms with Gasteiger partial charge in [-0.15, -0.1) is 0 Å². The average Bonchev–Trinajstić information content (AvgIpc) is 3.11. The molecular weight excluding hydrogens is 292 g/mol. The zero-order chi connectivity index (χ0) is 16.0. The molecule has 0 radical (unpaired) electrons. The molecule has 2 aromatic carbocycles. The van der Waals surface area contributed by atoms with Crippen LogP contribution in [0.1, 0.15) is 16.7 Å². The van der Waals surface area contributed by atoms with Crippen molar-refractivity contribution in [3.05, 3.63) is 59.2 Å². The summed E-state index contributed by atoms with van der Waals surface area (Å²) in [6, 6.07) is 13.4. The number of aliphatic hydroxyl groups is 1. The molecular formula is C18H16N2O3. The summed E-state index contributed by atoms with van der Waals surface area (Å²) in [5.74, 6) is 0.358. The van der Waals surface area contributed by atoms with Gasteiger partial charge in [-0.1, -0.05) is 24.3 Å². The Bertz CT molecular complexity index is 842. The Morgan fingerprint density at radius 2 is 2.04 bits per heavy atom. The van der Waals surface area contributed by atoms with E-state index in [9.17, 15) is 9.90 Å². The maximum atomic E-state index is 12.8. The second-order valence-electron chi connectivity index (χ2n) is 5.51. The topological polar surface area (TPSA) is 61.8 Å². The minimum absolute atomic E-state index is 0.230. The Morgan fingerprint density at radius 1 is 1.22 bits per heavy atom. The first kappa shape index (κ1) is 13.8. The highest BCUT2D eigenvalue weighted by molar-refractivity contribution is 6.37. The lowest BCUT2D eigenvalue weighted by atomic mass is 10.00. The van der Waals surface area contributed by atoms with E-state index in [-0.39, 0.29) is 12.6 Å². The number of ether oxygens (including phenoxy) is 1. The largest absolute Gasteiger partial charge is 0.487 e.